The molecule has 1 aliphatic rings. The molecule has 0 radical (unpaired) electrons. The molecule has 5 nitrogen and oxygen atoms in total. The molecular weight excluding hydrogens is 310 g/mol. The summed E-state index contributed by atoms with van der Waals surface area (Å²) in [5.41, 5.74) is 0.662. The van der Waals surface area contributed by atoms with E-state index in [-0.39, 0.29) is 18.5 Å². The van der Waals surface area contributed by atoms with E-state index in [0.717, 1.165) is 19.4 Å². The predicted octanol–water partition coefficient (Wildman–Crippen LogP) is 3.23. The van der Waals surface area contributed by atoms with Crippen LogP contribution in [0.3, 0.4) is 0 Å². The fourth-order valence-electron chi connectivity index (χ4n) is 2.85. The molecule has 3 rings (SSSR count). The molecule has 23 heavy (non-hydrogen) atoms. The van der Waals surface area contributed by atoms with Gasteiger partial charge in [-0.1, -0.05) is 24.3 Å². The van der Waals surface area contributed by atoms with Crippen molar-refractivity contribution in [2.45, 2.75) is 18.9 Å². The van der Waals surface area contributed by atoms with Gasteiger partial charge in [-0.05, 0) is 43.0 Å². The quantitative estimate of drug-likeness (QED) is 0.905. The summed E-state index contributed by atoms with van der Waals surface area (Å²) >= 11 is 1.71. The molecule has 0 saturated carbocycles. The molecule has 0 aliphatic carbocycles. The van der Waals surface area contributed by atoms with Crippen LogP contribution >= 0.6 is 11.3 Å². The summed E-state index contributed by atoms with van der Waals surface area (Å²) in [6.07, 6.45) is 2.13. The normalized spacial score (nSPS) is 17.8. The number of likely N-dealkylation sites (tertiary alicyclic amines) is 1. The average molecular weight is 329 g/mol. The standard InChI is InChI=1S/C17H19N3O2S/c21-16(19-17(22)18-13-6-2-1-3-7-13)12-20-10-4-8-14(20)15-9-5-11-23-15/h1-3,5-7,9,11,14H,4,8,10,12H2,(H2,18,19,21,22)/t14-/m1/s1. The zero-order chi connectivity index (χ0) is 16.1. The summed E-state index contributed by atoms with van der Waals surface area (Å²) in [5.74, 6) is -0.276. The largest absolute Gasteiger partial charge is 0.325 e. The molecular formula is C17H19N3O2S. The van der Waals surface area contributed by atoms with E-state index < -0.39 is 6.03 Å². The van der Waals surface area contributed by atoms with Crippen LogP contribution in [-0.2, 0) is 4.79 Å². The Hall–Kier alpha value is -2.18. The van der Waals surface area contributed by atoms with Crippen LogP contribution in [0.4, 0.5) is 10.5 Å². The Kier molecular flexibility index (Phi) is 5.05. The van der Waals surface area contributed by atoms with Crippen molar-refractivity contribution in [1.29, 1.82) is 0 Å². The second-order valence-electron chi connectivity index (χ2n) is 5.51. The van der Waals surface area contributed by atoms with Crippen LogP contribution in [0, 0.1) is 0 Å². The lowest BCUT2D eigenvalue weighted by atomic mass is 10.2. The van der Waals surface area contributed by atoms with Gasteiger partial charge in [0.1, 0.15) is 0 Å². The summed E-state index contributed by atoms with van der Waals surface area (Å²) < 4.78 is 0. The second kappa shape index (κ2) is 7.39. The molecule has 1 aromatic heterocycles. The summed E-state index contributed by atoms with van der Waals surface area (Å²) in [4.78, 5) is 27.4. The summed E-state index contributed by atoms with van der Waals surface area (Å²) in [7, 11) is 0. The smallest absolute Gasteiger partial charge is 0.308 e. The number of hydrogen-bond donors (Lipinski definition) is 2. The highest BCUT2D eigenvalue weighted by Gasteiger charge is 2.28. The second-order valence-corrected chi connectivity index (χ2v) is 6.49. The van der Waals surface area contributed by atoms with Crippen molar-refractivity contribution < 1.29 is 9.59 Å². The van der Waals surface area contributed by atoms with E-state index in [1.54, 1.807) is 23.5 Å². The first-order valence-electron chi connectivity index (χ1n) is 7.66. The summed E-state index contributed by atoms with van der Waals surface area (Å²) in [6, 6.07) is 13.0. The fraction of sp³-hybridized carbons (Fsp3) is 0.294. The molecule has 2 heterocycles. The number of para-hydroxylation sites is 1. The molecule has 0 unspecified atom stereocenters. The molecule has 2 N–H and O–H groups in total. The first-order valence-corrected chi connectivity index (χ1v) is 8.53. The number of thiophene rings is 1. The molecule has 1 aliphatic heterocycles. The van der Waals surface area contributed by atoms with E-state index in [0.29, 0.717) is 5.69 Å². The minimum atomic E-state index is -0.493. The van der Waals surface area contributed by atoms with Gasteiger partial charge in [-0.25, -0.2) is 4.79 Å². The number of amides is 3. The maximum atomic E-state index is 12.1. The zero-order valence-electron chi connectivity index (χ0n) is 12.7. The van der Waals surface area contributed by atoms with Crippen LogP contribution in [0.15, 0.2) is 47.8 Å². The minimum Gasteiger partial charge on any atom is -0.308 e. The van der Waals surface area contributed by atoms with Crippen molar-refractivity contribution in [1.82, 2.24) is 10.2 Å². The lowest BCUT2D eigenvalue weighted by Crippen LogP contribution is -2.41. The SMILES string of the molecule is O=C(CN1CCC[C@@H]1c1cccs1)NC(=O)Nc1ccccc1. The number of nitrogens with zero attached hydrogens (tertiary/aromatic N) is 1. The number of carbonyl (C=O) groups excluding carboxylic acids is 2. The van der Waals surface area contributed by atoms with Crippen LogP contribution in [0.25, 0.3) is 0 Å². The van der Waals surface area contributed by atoms with Gasteiger partial charge >= 0.3 is 6.03 Å². The Morgan fingerprint density at radius 1 is 1.17 bits per heavy atom. The third-order valence-corrected chi connectivity index (χ3v) is 4.84. The van der Waals surface area contributed by atoms with Crippen molar-refractivity contribution in [3.8, 4) is 0 Å². The Morgan fingerprint density at radius 2 is 2.00 bits per heavy atom. The maximum Gasteiger partial charge on any atom is 0.325 e. The Balaban J connectivity index is 1.52. The van der Waals surface area contributed by atoms with E-state index in [2.05, 4.69) is 27.0 Å². The van der Waals surface area contributed by atoms with Gasteiger partial charge in [0, 0.05) is 16.6 Å². The molecule has 6 heteroatoms. The highest BCUT2D eigenvalue weighted by molar-refractivity contribution is 7.10. The molecule has 1 aromatic carbocycles. The Bertz CT molecular complexity index is 658. The number of urea groups is 1. The van der Waals surface area contributed by atoms with Crippen LogP contribution in [0.1, 0.15) is 23.8 Å². The lowest BCUT2D eigenvalue weighted by Gasteiger charge is -2.22. The van der Waals surface area contributed by atoms with Gasteiger partial charge in [0.2, 0.25) is 5.91 Å². The van der Waals surface area contributed by atoms with Crippen molar-refractivity contribution in [3.05, 3.63) is 52.7 Å². The predicted molar refractivity (Wildman–Crippen MR) is 91.5 cm³/mol. The van der Waals surface area contributed by atoms with Crippen molar-refractivity contribution in [2.24, 2.45) is 0 Å². The summed E-state index contributed by atoms with van der Waals surface area (Å²) in [5, 5.41) is 7.10. The van der Waals surface area contributed by atoms with E-state index >= 15 is 0 Å². The zero-order valence-corrected chi connectivity index (χ0v) is 13.5. The lowest BCUT2D eigenvalue weighted by molar-refractivity contribution is -0.121. The highest BCUT2D eigenvalue weighted by atomic mass is 32.1. The maximum absolute atomic E-state index is 12.1. The van der Waals surface area contributed by atoms with Crippen molar-refractivity contribution >= 4 is 29.0 Å². The monoisotopic (exact) mass is 329 g/mol. The molecule has 1 saturated heterocycles. The molecule has 1 fully saturated rings. The van der Waals surface area contributed by atoms with Gasteiger partial charge in [0.05, 0.1) is 6.54 Å². The van der Waals surface area contributed by atoms with E-state index in [9.17, 15) is 9.59 Å². The first-order chi connectivity index (χ1) is 11.2. The van der Waals surface area contributed by atoms with E-state index in [4.69, 9.17) is 0 Å². The van der Waals surface area contributed by atoms with Crippen LogP contribution in [-0.4, -0.2) is 29.9 Å². The molecule has 120 valence electrons. The van der Waals surface area contributed by atoms with Gasteiger partial charge in [0.25, 0.3) is 0 Å². The minimum absolute atomic E-state index is 0.241. The van der Waals surface area contributed by atoms with E-state index in [1.165, 1.54) is 4.88 Å². The third kappa shape index (κ3) is 4.18. The number of hydrogen-bond acceptors (Lipinski definition) is 4. The van der Waals surface area contributed by atoms with Crippen LogP contribution < -0.4 is 10.6 Å². The Morgan fingerprint density at radius 3 is 2.74 bits per heavy atom. The van der Waals surface area contributed by atoms with Gasteiger partial charge < -0.3 is 5.32 Å². The summed E-state index contributed by atoms with van der Waals surface area (Å²) in [6.45, 7) is 1.13. The van der Waals surface area contributed by atoms with Crippen LogP contribution in [0.5, 0.6) is 0 Å². The number of carbonyl (C=O) groups is 2. The molecule has 1 atom stereocenters. The first kappa shape index (κ1) is 15.7. The number of imide groups is 1. The van der Waals surface area contributed by atoms with Crippen molar-refractivity contribution in [2.75, 3.05) is 18.4 Å². The number of nitrogens with one attached hydrogen (secondary N) is 2. The van der Waals surface area contributed by atoms with Gasteiger partial charge in [0.15, 0.2) is 0 Å². The topological polar surface area (TPSA) is 61.4 Å². The molecule has 0 bridgehead atoms. The van der Waals surface area contributed by atoms with Crippen molar-refractivity contribution in [3.63, 3.8) is 0 Å². The molecule has 0 spiro atoms. The molecule has 2 aromatic rings. The van der Waals surface area contributed by atoms with Gasteiger partial charge in [-0.15, -0.1) is 11.3 Å². The van der Waals surface area contributed by atoms with Gasteiger partial charge in [-0.3, -0.25) is 15.0 Å². The number of rotatable bonds is 4. The average Bonchev–Trinajstić information content (AvgIpc) is 3.18. The van der Waals surface area contributed by atoms with E-state index in [1.807, 2.05) is 24.3 Å². The number of benzene rings is 1. The third-order valence-electron chi connectivity index (χ3n) is 3.87. The Labute approximate surface area is 139 Å². The highest BCUT2D eigenvalue weighted by Crippen LogP contribution is 2.33. The van der Waals surface area contributed by atoms with Crippen LogP contribution in [0.2, 0.25) is 0 Å². The molecule has 3 amide bonds. The number of anilines is 1. The van der Waals surface area contributed by atoms with Gasteiger partial charge in [-0.2, -0.15) is 0 Å². The fourth-order valence-corrected chi connectivity index (χ4v) is 3.75.